The first kappa shape index (κ1) is 12.2. The van der Waals surface area contributed by atoms with Crippen molar-refractivity contribution in [1.82, 2.24) is 19.4 Å². The average molecular weight is 251 g/mol. The van der Waals surface area contributed by atoms with Crippen molar-refractivity contribution in [2.75, 3.05) is 0 Å². The van der Waals surface area contributed by atoms with Gasteiger partial charge in [0.2, 0.25) is 0 Å². The number of rotatable bonds is 5. The fourth-order valence-corrected chi connectivity index (χ4v) is 2.59. The molecule has 5 nitrogen and oxygen atoms in total. The highest BCUT2D eigenvalue weighted by Gasteiger charge is 2.19. The molecule has 0 aliphatic carbocycles. The number of aromatic nitrogens is 4. The monoisotopic (exact) mass is 251 g/mol. The van der Waals surface area contributed by atoms with Crippen LogP contribution >= 0.6 is 11.5 Å². The van der Waals surface area contributed by atoms with E-state index in [1.165, 1.54) is 11.5 Å². The molecule has 17 heavy (non-hydrogen) atoms. The Morgan fingerprint density at radius 2 is 2.29 bits per heavy atom. The summed E-state index contributed by atoms with van der Waals surface area (Å²) >= 11 is 1.38. The molecule has 0 aliphatic rings. The van der Waals surface area contributed by atoms with Crippen LogP contribution in [0.4, 0.5) is 0 Å². The van der Waals surface area contributed by atoms with E-state index in [1.54, 1.807) is 6.20 Å². The minimum atomic E-state index is -0.168. The van der Waals surface area contributed by atoms with Gasteiger partial charge in [-0.25, -0.2) is 0 Å². The van der Waals surface area contributed by atoms with Crippen LogP contribution < -0.4 is 5.73 Å². The van der Waals surface area contributed by atoms with Crippen LogP contribution in [-0.4, -0.2) is 19.4 Å². The first-order chi connectivity index (χ1) is 8.27. The van der Waals surface area contributed by atoms with Crippen LogP contribution in [0.1, 0.15) is 42.6 Å². The molecular formula is C11H17N5S. The predicted octanol–water partition coefficient (Wildman–Crippen LogP) is 1.76. The van der Waals surface area contributed by atoms with E-state index < -0.39 is 0 Å². The molecule has 0 saturated heterocycles. The predicted molar refractivity (Wildman–Crippen MR) is 67.8 cm³/mol. The molecule has 6 heteroatoms. The van der Waals surface area contributed by atoms with E-state index in [2.05, 4.69) is 28.5 Å². The molecular weight excluding hydrogens is 234 g/mol. The minimum absolute atomic E-state index is 0.168. The summed E-state index contributed by atoms with van der Waals surface area (Å²) in [5, 5.41) is 8.39. The van der Waals surface area contributed by atoms with Gasteiger partial charge in [0.15, 0.2) is 0 Å². The summed E-state index contributed by atoms with van der Waals surface area (Å²) < 4.78 is 5.94. The summed E-state index contributed by atoms with van der Waals surface area (Å²) in [6, 6.07) is 1.80. The molecule has 1 atom stereocenters. The Labute approximate surface area is 105 Å². The lowest BCUT2D eigenvalue weighted by Crippen LogP contribution is -2.17. The Hall–Kier alpha value is -1.27. The zero-order valence-corrected chi connectivity index (χ0v) is 10.9. The number of nitrogens with two attached hydrogens (primary N) is 1. The molecule has 0 radical (unpaired) electrons. The third kappa shape index (κ3) is 2.37. The highest BCUT2D eigenvalue weighted by Crippen LogP contribution is 2.25. The van der Waals surface area contributed by atoms with Crippen LogP contribution in [0.15, 0.2) is 12.3 Å². The molecule has 0 aliphatic heterocycles. The summed E-state index contributed by atoms with van der Waals surface area (Å²) in [7, 11) is 0. The highest BCUT2D eigenvalue weighted by molar-refractivity contribution is 7.05. The van der Waals surface area contributed by atoms with Crippen LogP contribution in [-0.2, 0) is 13.0 Å². The smallest absolute Gasteiger partial charge is 0.0852 e. The first-order valence-corrected chi connectivity index (χ1v) is 6.63. The van der Waals surface area contributed by atoms with Crippen molar-refractivity contribution in [1.29, 1.82) is 0 Å². The van der Waals surface area contributed by atoms with Crippen molar-refractivity contribution in [3.8, 4) is 0 Å². The standard InChI is InChI=1S/C11H17N5S/c1-3-7-16-9(5-6-13-16)10(12)11-8(4-2)14-15-17-11/h5-6,10H,3-4,7,12H2,1-2H3. The first-order valence-electron chi connectivity index (χ1n) is 5.86. The second kappa shape index (κ2) is 5.37. The van der Waals surface area contributed by atoms with Gasteiger partial charge < -0.3 is 5.73 Å². The van der Waals surface area contributed by atoms with Gasteiger partial charge in [-0.2, -0.15) is 5.10 Å². The molecule has 0 saturated carbocycles. The lowest BCUT2D eigenvalue weighted by atomic mass is 10.1. The zero-order valence-electron chi connectivity index (χ0n) is 10.1. The Balaban J connectivity index is 2.30. The zero-order chi connectivity index (χ0) is 12.3. The molecule has 0 spiro atoms. The molecule has 0 amide bonds. The van der Waals surface area contributed by atoms with E-state index in [1.807, 2.05) is 10.7 Å². The Bertz CT molecular complexity index is 476. The van der Waals surface area contributed by atoms with Gasteiger partial charge in [0, 0.05) is 12.7 Å². The van der Waals surface area contributed by atoms with E-state index in [0.717, 1.165) is 35.7 Å². The topological polar surface area (TPSA) is 69.6 Å². The van der Waals surface area contributed by atoms with Crippen molar-refractivity contribution < 1.29 is 0 Å². The second-order valence-corrected chi connectivity index (χ2v) is 4.68. The van der Waals surface area contributed by atoms with Gasteiger partial charge in [-0.1, -0.05) is 18.3 Å². The molecule has 0 fully saturated rings. The third-order valence-electron chi connectivity index (χ3n) is 2.71. The van der Waals surface area contributed by atoms with E-state index in [0.29, 0.717) is 0 Å². The van der Waals surface area contributed by atoms with Crippen molar-refractivity contribution in [3.05, 3.63) is 28.5 Å². The number of aryl methyl sites for hydroxylation is 2. The molecule has 2 heterocycles. The molecule has 2 aromatic rings. The highest BCUT2D eigenvalue weighted by atomic mass is 32.1. The van der Waals surface area contributed by atoms with Crippen LogP contribution in [0.5, 0.6) is 0 Å². The summed E-state index contributed by atoms with van der Waals surface area (Å²) in [4.78, 5) is 1.05. The van der Waals surface area contributed by atoms with Gasteiger partial charge in [0.05, 0.1) is 22.3 Å². The normalized spacial score (nSPS) is 12.9. The summed E-state index contributed by atoms with van der Waals surface area (Å²) in [5.41, 5.74) is 8.31. The van der Waals surface area contributed by atoms with E-state index in [4.69, 9.17) is 5.73 Å². The molecule has 1 unspecified atom stereocenters. The number of nitrogens with zero attached hydrogens (tertiary/aromatic N) is 4. The molecule has 0 bridgehead atoms. The fourth-order valence-electron chi connectivity index (χ4n) is 1.84. The Morgan fingerprint density at radius 3 is 3.00 bits per heavy atom. The van der Waals surface area contributed by atoms with Crippen LogP contribution in [0.2, 0.25) is 0 Å². The average Bonchev–Trinajstić information content (AvgIpc) is 2.96. The Morgan fingerprint density at radius 1 is 1.47 bits per heavy atom. The number of hydrogen-bond donors (Lipinski definition) is 1. The molecule has 2 N–H and O–H groups in total. The SMILES string of the molecule is CCCn1nccc1C(N)c1snnc1CC. The Kier molecular flexibility index (Phi) is 3.86. The summed E-state index contributed by atoms with van der Waals surface area (Å²) in [5.74, 6) is 0. The van der Waals surface area contributed by atoms with Gasteiger partial charge in [0.1, 0.15) is 0 Å². The molecule has 2 aromatic heterocycles. The molecule has 92 valence electrons. The fraction of sp³-hybridized carbons (Fsp3) is 0.545. The van der Waals surface area contributed by atoms with Crippen LogP contribution in [0, 0.1) is 0 Å². The van der Waals surface area contributed by atoms with Crippen LogP contribution in [0.25, 0.3) is 0 Å². The molecule has 2 rings (SSSR count). The quantitative estimate of drug-likeness (QED) is 0.879. The minimum Gasteiger partial charge on any atom is -0.318 e. The van der Waals surface area contributed by atoms with Gasteiger partial charge in [-0.15, -0.1) is 5.10 Å². The van der Waals surface area contributed by atoms with Gasteiger partial charge in [0.25, 0.3) is 0 Å². The van der Waals surface area contributed by atoms with Crippen molar-refractivity contribution in [3.63, 3.8) is 0 Å². The van der Waals surface area contributed by atoms with Gasteiger partial charge >= 0.3 is 0 Å². The van der Waals surface area contributed by atoms with Crippen molar-refractivity contribution >= 4 is 11.5 Å². The van der Waals surface area contributed by atoms with E-state index in [-0.39, 0.29) is 6.04 Å². The summed E-state index contributed by atoms with van der Waals surface area (Å²) in [6.07, 6.45) is 3.70. The third-order valence-corrected chi connectivity index (χ3v) is 3.56. The van der Waals surface area contributed by atoms with Crippen molar-refractivity contribution in [2.24, 2.45) is 5.73 Å². The van der Waals surface area contributed by atoms with Gasteiger partial charge in [-0.05, 0) is 30.4 Å². The maximum atomic E-state index is 6.28. The van der Waals surface area contributed by atoms with E-state index >= 15 is 0 Å². The van der Waals surface area contributed by atoms with Crippen LogP contribution in [0.3, 0.4) is 0 Å². The lowest BCUT2D eigenvalue weighted by molar-refractivity contribution is 0.560. The largest absolute Gasteiger partial charge is 0.318 e. The van der Waals surface area contributed by atoms with Gasteiger partial charge in [-0.3, -0.25) is 4.68 Å². The molecule has 0 aromatic carbocycles. The maximum Gasteiger partial charge on any atom is 0.0852 e. The summed E-state index contributed by atoms with van der Waals surface area (Å²) in [6.45, 7) is 5.09. The lowest BCUT2D eigenvalue weighted by Gasteiger charge is -2.12. The van der Waals surface area contributed by atoms with Crippen molar-refractivity contribution in [2.45, 2.75) is 39.3 Å². The van der Waals surface area contributed by atoms with E-state index in [9.17, 15) is 0 Å². The maximum absolute atomic E-state index is 6.28. The number of hydrogen-bond acceptors (Lipinski definition) is 5. The second-order valence-electron chi connectivity index (χ2n) is 3.89.